The fourth-order valence-electron chi connectivity index (χ4n) is 1.71. The van der Waals surface area contributed by atoms with Crippen molar-refractivity contribution in [2.45, 2.75) is 38.2 Å². The SMILES string of the molecule is CC(O)(CCC1CC1)c1ccc(F)cn1. The van der Waals surface area contributed by atoms with E-state index < -0.39 is 5.60 Å². The number of hydrogen-bond donors (Lipinski definition) is 1. The molecule has 1 heterocycles. The molecular weight excluding hydrogens is 193 g/mol. The average molecular weight is 209 g/mol. The summed E-state index contributed by atoms with van der Waals surface area (Å²) in [4.78, 5) is 3.92. The van der Waals surface area contributed by atoms with Crippen LogP contribution in [-0.2, 0) is 5.60 Å². The van der Waals surface area contributed by atoms with Crippen LogP contribution in [0, 0.1) is 11.7 Å². The van der Waals surface area contributed by atoms with Gasteiger partial charge in [0, 0.05) is 0 Å². The van der Waals surface area contributed by atoms with E-state index in [4.69, 9.17) is 0 Å². The number of nitrogens with zero attached hydrogens (tertiary/aromatic N) is 1. The van der Waals surface area contributed by atoms with Gasteiger partial charge in [0.05, 0.1) is 11.9 Å². The van der Waals surface area contributed by atoms with Gasteiger partial charge in [-0.15, -0.1) is 0 Å². The van der Waals surface area contributed by atoms with Gasteiger partial charge in [0.15, 0.2) is 0 Å². The molecule has 0 amide bonds. The Hall–Kier alpha value is -0.960. The summed E-state index contributed by atoms with van der Waals surface area (Å²) in [7, 11) is 0. The molecule has 1 saturated carbocycles. The van der Waals surface area contributed by atoms with Gasteiger partial charge in [0.25, 0.3) is 0 Å². The van der Waals surface area contributed by atoms with Crippen molar-refractivity contribution in [1.29, 1.82) is 0 Å². The van der Waals surface area contributed by atoms with Crippen molar-refractivity contribution < 1.29 is 9.50 Å². The van der Waals surface area contributed by atoms with Gasteiger partial charge in [-0.3, -0.25) is 4.98 Å². The molecule has 0 aliphatic heterocycles. The molecule has 1 unspecified atom stereocenters. The Morgan fingerprint density at radius 2 is 2.27 bits per heavy atom. The number of rotatable bonds is 4. The van der Waals surface area contributed by atoms with E-state index in [0.717, 1.165) is 18.5 Å². The van der Waals surface area contributed by atoms with Crippen LogP contribution in [-0.4, -0.2) is 10.1 Å². The summed E-state index contributed by atoms with van der Waals surface area (Å²) in [6, 6.07) is 2.90. The van der Waals surface area contributed by atoms with Crippen molar-refractivity contribution >= 4 is 0 Å². The maximum atomic E-state index is 12.7. The van der Waals surface area contributed by atoms with Gasteiger partial charge in [-0.05, 0) is 37.8 Å². The van der Waals surface area contributed by atoms with E-state index in [1.165, 1.54) is 18.9 Å². The van der Waals surface area contributed by atoms with Gasteiger partial charge >= 0.3 is 0 Å². The fraction of sp³-hybridized carbons (Fsp3) is 0.583. The molecule has 0 aromatic carbocycles. The Morgan fingerprint density at radius 3 is 2.80 bits per heavy atom. The maximum absolute atomic E-state index is 12.7. The third-order valence-corrected chi connectivity index (χ3v) is 3.02. The molecule has 0 spiro atoms. The third kappa shape index (κ3) is 2.75. The number of pyridine rings is 1. The lowest BCUT2D eigenvalue weighted by Crippen LogP contribution is -2.22. The molecule has 0 saturated heterocycles. The molecular formula is C12H16FNO. The van der Waals surface area contributed by atoms with E-state index in [1.807, 2.05) is 0 Å². The Labute approximate surface area is 89.2 Å². The van der Waals surface area contributed by atoms with Crippen LogP contribution in [0.4, 0.5) is 4.39 Å². The number of hydrogen-bond acceptors (Lipinski definition) is 2. The second-order valence-corrected chi connectivity index (χ2v) is 4.62. The maximum Gasteiger partial charge on any atom is 0.141 e. The minimum absolute atomic E-state index is 0.364. The van der Waals surface area contributed by atoms with Crippen molar-refractivity contribution in [2.24, 2.45) is 5.92 Å². The molecule has 1 fully saturated rings. The van der Waals surface area contributed by atoms with Gasteiger partial charge in [-0.25, -0.2) is 4.39 Å². The fourth-order valence-corrected chi connectivity index (χ4v) is 1.71. The van der Waals surface area contributed by atoms with Crippen LogP contribution < -0.4 is 0 Å². The molecule has 0 radical (unpaired) electrons. The van der Waals surface area contributed by atoms with Crippen LogP contribution in [0.2, 0.25) is 0 Å². The summed E-state index contributed by atoms with van der Waals surface area (Å²) in [5, 5.41) is 10.2. The zero-order valence-electron chi connectivity index (χ0n) is 8.91. The molecule has 2 rings (SSSR count). The van der Waals surface area contributed by atoms with E-state index in [1.54, 1.807) is 13.0 Å². The van der Waals surface area contributed by atoms with Gasteiger partial charge in [-0.2, -0.15) is 0 Å². The molecule has 1 atom stereocenters. The molecule has 1 aliphatic rings. The van der Waals surface area contributed by atoms with Gasteiger partial charge in [-0.1, -0.05) is 12.8 Å². The lowest BCUT2D eigenvalue weighted by atomic mass is 9.94. The van der Waals surface area contributed by atoms with Crippen LogP contribution in [0.1, 0.15) is 38.3 Å². The second kappa shape index (κ2) is 3.89. The number of aromatic nitrogens is 1. The van der Waals surface area contributed by atoms with Gasteiger partial charge in [0.1, 0.15) is 11.4 Å². The predicted molar refractivity (Wildman–Crippen MR) is 55.7 cm³/mol. The molecule has 82 valence electrons. The zero-order valence-corrected chi connectivity index (χ0v) is 8.91. The summed E-state index contributed by atoms with van der Waals surface area (Å²) < 4.78 is 12.7. The smallest absolute Gasteiger partial charge is 0.141 e. The predicted octanol–water partition coefficient (Wildman–Crippen LogP) is 2.62. The Kier molecular flexibility index (Phi) is 2.74. The lowest BCUT2D eigenvalue weighted by Gasteiger charge is -2.22. The first-order valence-electron chi connectivity index (χ1n) is 5.42. The van der Waals surface area contributed by atoms with Gasteiger partial charge < -0.3 is 5.11 Å². The van der Waals surface area contributed by atoms with Crippen LogP contribution in [0.3, 0.4) is 0 Å². The van der Waals surface area contributed by atoms with Crippen LogP contribution in [0.25, 0.3) is 0 Å². The normalized spacial score (nSPS) is 19.9. The molecule has 2 nitrogen and oxygen atoms in total. The monoisotopic (exact) mass is 209 g/mol. The highest BCUT2D eigenvalue weighted by atomic mass is 19.1. The molecule has 1 aliphatic carbocycles. The summed E-state index contributed by atoms with van der Waals surface area (Å²) in [5.41, 5.74) is -0.361. The minimum atomic E-state index is -0.920. The average Bonchev–Trinajstić information content (AvgIpc) is 2.99. The van der Waals surface area contributed by atoms with Crippen molar-refractivity contribution in [3.8, 4) is 0 Å². The third-order valence-electron chi connectivity index (χ3n) is 3.02. The van der Waals surface area contributed by atoms with Crippen molar-refractivity contribution in [1.82, 2.24) is 4.98 Å². The molecule has 0 bridgehead atoms. The Morgan fingerprint density at radius 1 is 1.53 bits per heavy atom. The highest BCUT2D eigenvalue weighted by Gasteiger charge is 2.29. The second-order valence-electron chi connectivity index (χ2n) is 4.62. The molecule has 3 heteroatoms. The Bertz CT molecular complexity index is 330. The lowest BCUT2D eigenvalue weighted by molar-refractivity contribution is 0.0394. The highest BCUT2D eigenvalue weighted by molar-refractivity contribution is 5.12. The standard InChI is InChI=1S/C12H16FNO/c1-12(15,7-6-9-2-3-9)11-5-4-10(13)8-14-11/h4-5,8-9,15H,2-3,6-7H2,1H3. The van der Waals surface area contributed by atoms with Crippen LogP contribution >= 0.6 is 0 Å². The first-order valence-corrected chi connectivity index (χ1v) is 5.42. The first-order chi connectivity index (χ1) is 7.08. The van der Waals surface area contributed by atoms with Crippen molar-refractivity contribution in [3.63, 3.8) is 0 Å². The largest absolute Gasteiger partial charge is 0.384 e. The highest BCUT2D eigenvalue weighted by Crippen LogP contribution is 2.37. The molecule has 1 N–H and O–H groups in total. The first kappa shape index (κ1) is 10.6. The van der Waals surface area contributed by atoms with E-state index in [0.29, 0.717) is 12.1 Å². The van der Waals surface area contributed by atoms with Crippen molar-refractivity contribution in [2.75, 3.05) is 0 Å². The summed E-state index contributed by atoms with van der Waals surface area (Å²) in [6.07, 6.45) is 5.46. The zero-order chi connectivity index (χ0) is 10.9. The minimum Gasteiger partial charge on any atom is -0.384 e. The van der Waals surface area contributed by atoms with E-state index >= 15 is 0 Å². The summed E-state index contributed by atoms with van der Waals surface area (Å²) in [6.45, 7) is 1.75. The number of aliphatic hydroxyl groups is 1. The molecule has 15 heavy (non-hydrogen) atoms. The van der Waals surface area contributed by atoms with E-state index in [2.05, 4.69) is 4.98 Å². The van der Waals surface area contributed by atoms with Crippen LogP contribution in [0.15, 0.2) is 18.3 Å². The molecule has 1 aromatic heterocycles. The topological polar surface area (TPSA) is 33.1 Å². The summed E-state index contributed by atoms with van der Waals surface area (Å²) in [5.74, 6) is 0.425. The summed E-state index contributed by atoms with van der Waals surface area (Å²) >= 11 is 0. The van der Waals surface area contributed by atoms with E-state index in [-0.39, 0.29) is 5.82 Å². The molecule has 1 aromatic rings. The Balaban J connectivity index is 2.02. The quantitative estimate of drug-likeness (QED) is 0.826. The van der Waals surface area contributed by atoms with Crippen LogP contribution in [0.5, 0.6) is 0 Å². The number of halogens is 1. The van der Waals surface area contributed by atoms with Crippen molar-refractivity contribution in [3.05, 3.63) is 29.8 Å². The van der Waals surface area contributed by atoms with Gasteiger partial charge in [0.2, 0.25) is 0 Å². The van der Waals surface area contributed by atoms with E-state index in [9.17, 15) is 9.50 Å².